The number of hydrogen-bond donors (Lipinski definition) is 2. The number of rotatable bonds is 7. The van der Waals surface area contributed by atoms with Gasteiger partial charge in [-0.25, -0.2) is 4.79 Å². The molecule has 0 saturated carbocycles. The van der Waals surface area contributed by atoms with E-state index in [2.05, 4.69) is 15.6 Å². The molecule has 7 nitrogen and oxygen atoms in total. The summed E-state index contributed by atoms with van der Waals surface area (Å²) in [5.41, 5.74) is 1.18. The Morgan fingerprint density at radius 3 is 2.74 bits per heavy atom. The van der Waals surface area contributed by atoms with Crippen molar-refractivity contribution in [2.24, 2.45) is 0 Å². The van der Waals surface area contributed by atoms with E-state index in [0.717, 1.165) is 16.5 Å². The maximum absolute atomic E-state index is 12.1. The number of nitrogens with one attached hydrogen (secondary N) is 2. The molecule has 27 heavy (non-hydrogen) atoms. The number of imide groups is 1. The molecule has 0 spiro atoms. The average Bonchev–Trinajstić information content (AvgIpc) is 2.83. The van der Waals surface area contributed by atoms with Crippen LogP contribution in [0.5, 0.6) is 0 Å². The van der Waals surface area contributed by atoms with E-state index in [-0.39, 0.29) is 24.8 Å². The van der Waals surface area contributed by atoms with E-state index in [1.54, 1.807) is 20.0 Å². The van der Waals surface area contributed by atoms with Gasteiger partial charge >= 0.3 is 6.03 Å². The maximum Gasteiger partial charge on any atom is 0.325 e. The molecule has 0 atom stereocenters. The normalized spacial score (nSPS) is 15.9. The zero-order valence-electron chi connectivity index (χ0n) is 15.6. The van der Waals surface area contributed by atoms with Crippen molar-refractivity contribution in [2.75, 3.05) is 13.1 Å². The van der Waals surface area contributed by atoms with Crippen molar-refractivity contribution in [3.8, 4) is 0 Å². The molecule has 2 heterocycles. The van der Waals surface area contributed by atoms with Crippen molar-refractivity contribution in [2.45, 2.75) is 38.6 Å². The lowest BCUT2D eigenvalue weighted by molar-refractivity contribution is -0.130. The van der Waals surface area contributed by atoms with Crippen LogP contribution in [-0.4, -0.2) is 46.4 Å². The van der Waals surface area contributed by atoms with Gasteiger partial charge in [0.05, 0.1) is 5.52 Å². The molecule has 0 radical (unpaired) electrons. The maximum atomic E-state index is 12.1. The minimum Gasteiger partial charge on any atom is -0.356 e. The largest absolute Gasteiger partial charge is 0.356 e. The molecule has 142 valence electrons. The zero-order valence-corrected chi connectivity index (χ0v) is 15.6. The van der Waals surface area contributed by atoms with Gasteiger partial charge < -0.3 is 10.6 Å². The van der Waals surface area contributed by atoms with Gasteiger partial charge in [0, 0.05) is 31.1 Å². The van der Waals surface area contributed by atoms with Gasteiger partial charge in [0.15, 0.2) is 0 Å². The van der Waals surface area contributed by atoms with E-state index < -0.39 is 11.6 Å². The van der Waals surface area contributed by atoms with Crippen LogP contribution in [-0.2, 0) is 16.0 Å². The van der Waals surface area contributed by atoms with E-state index in [9.17, 15) is 14.4 Å². The number of fused-ring (bicyclic) bond motifs is 1. The first-order valence-electron chi connectivity index (χ1n) is 9.12. The van der Waals surface area contributed by atoms with Crippen LogP contribution in [0.1, 0.15) is 32.3 Å². The van der Waals surface area contributed by atoms with Crippen LogP contribution in [0, 0.1) is 0 Å². The minimum atomic E-state index is -0.869. The summed E-state index contributed by atoms with van der Waals surface area (Å²) in [6, 6.07) is 9.54. The lowest BCUT2D eigenvalue weighted by atomic mass is 10.1. The standard InChI is InChI=1S/C20H24N4O3/c1-20(2)18(26)24(19(27)23-20)13-5-9-16(25)21-12-10-15-7-3-6-14-8-4-11-22-17(14)15/h3-4,6-8,11H,5,9-10,12-13H2,1-2H3,(H,21,25)(H,23,27). The third-order valence-electron chi connectivity index (χ3n) is 4.66. The van der Waals surface area contributed by atoms with Gasteiger partial charge in [-0.1, -0.05) is 24.3 Å². The molecular formula is C20H24N4O3. The number of urea groups is 1. The average molecular weight is 368 g/mol. The molecule has 1 aliphatic heterocycles. The fourth-order valence-corrected chi connectivity index (χ4v) is 3.21. The van der Waals surface area contributed by atoms with E-state index >= 15 is 0 Å². The van der Waals surface area contributed by atoms with Crippen LogP contribution in [0.15, 0.2) is 36.5 Å². The summed E-state index contributed by atoms with van der Waals surface area (Å²) in [7, 11) is 0. The number of para-hydroxylation sites is 1. The van der Waals surface area contributed by atoms with Crippen molar-refractivity contribution >= 4 is 28.7 Å². The number of amides is 4. The highest BCUT2D eigenvalue weighted by atomic mass is 16.2. The van der Waals surface area contributed by atoms with Gasteiger partial charge in [0.1, 0.15) is 5.54 Å². The number of aromatic nitrogens is 1. The second kappa shape index (κ2) is 7.73. The molecule has 1 saturated heterocycles. The summed E-state index contributed by atoms with van der Waals surface area (Å²) >= 11 is 0. The second-order valence-electron chi connectivity index (χ2n) is 7.21. The molecule has 7 heteroatoms. The molecule has 1 aromatic carbocycles. The lowest BCUT2D eigenvalue weighted by Crippen LogP contribution is -2.40. The Balaban J connectivity index is 1.43. The van der Waals surface area contributed by atoms with Crippen LogP contribution in [0.2, 0.25) is 0 Å². The van der Waals surface area contributed by atoms with Crippen molar-refractivity contribution in [1.82, 2.24) is 20.5 Å². The Labute approximate surface area is 158 Å². The quantitative estimate of drug-likeness (QED) is 0.732. The summed E-state index contributed by atoms with van der Waals surface area (Å²) in [4.78, 5) is 41.5. The fourth-order valence-electron chi connectivity index (χ4n) is 3.21. The van der Waals surface area contributed by atoms with Crippen LogP contribution in [0.3, 0.4) is 0 Å². The molecule has 0 unspecified atom stereocenters. The van der Waals surface area contributed by atoms with E-state index in [4.69, 9.17) is 0 Å². The van der Waals surface area contributed by atoms with Gasteiger partial charge in [-0.15, -0.1) is 0 Å². The molecule has 0 aliphatic carbocycles. The van der Waals surface area contributed by atoms with Crippen LogP contribution < -0.4 is 10.6 Å². The lowest BCUT2D eigenvalue weighted by Gasteiger charge is -2.15. The van der Waals surface area contributed by atoms with Crippen LogP contribution in [0.4, 0.5) is 4.79 Å². The summed E-state index contributed by atoms with van der Waals surface area (Å²) in [6.07, 6.45) is 3.17. The predicted octanol–water partition coefficient (Wildman–Crippen LogP) is 2.00. The molecule has 0 bridgehead atoms. The second-order valence-corrected chi connectivity index (χ2v) is 7.21. The topological polar surface area (TPSA) is 91.4 Å². The summed E-state index contributed by atoms with van der Waals surface area (Å²) < 4.78 is 0. The van der Waals surface area contributed by atoms with Gasteiger partial charge in [-0.05, 0) is 38.3 Å². The molecule has 1 fully saturated rings. The van der Waals surface area contributed by atoms with Crippen LogP contribution in [0.25, 0.3) is 10.9 Å². The summed E-state index contributed by atoms with van der Waals surface area (Å²) in [6.45, 7) is 4.10. The third-order valence-corrected chi connectivity index (χ3v) is 4.66. The van der Waals surface area contributed by atoms with Crippen molar-refractivity contribution in [3.63, 3.8) is 0 Å². The Bertz CT molecular complexity index is 873. The first-order chi connectivity index (χ1) is 12.9. The highest BCUT2D eigenvalue weighted by Gasteiger charge is 2.43. The molecule has 2 N–H and O–H groups in total. The Hall–Kier alpha value is -2.96. The monoisotopic (exact) mass is 368 g/mol. The predicted molar refractivity (Wildman–Crippen MR) is 102 cm³/mol. The number of benzene rings is 1. The van der Waals surface area contributed by atoms with Crippen LogP contribution >= 0.6 is 0 Å². The molecule has 1 aromatic heterocycles. The molecular weight excluding hydrogens is 344 g/mol. The molecule has 4 amide bonds. The minimum absolute atomic E-state index is 0.0884. The van der Waals surface area contributed by atoms with E-state index in [1.165, 1.54) is 4.90 Å². The van der Waals surface area contributed by atoms with E-state index in [1.807, 2.05) is 30.3 Å². The smallest absolute Gasteiger partial charge is 0.325 e. The Morgan fingerprint density at radius 1 is 1.22 bits per heavy atom. The SMILES string of the molecule is CC1(C)NC(=O)N(CCCC(=O)NCCc2cccc3cccnc23)C1=O. The van der Waals surface area contributed by atoms with Crippen molar-refractivity contribution in [1.29, 1.82) is 0 Å². The molecule has 2 aromatic rings. The van der Waals surface area contributed by atoms with Crippen molar-refractivity contribution < 1.29 is 14.4 Å². The third kappa shape index (κ3) is 4.24. The number of hydrogen-bond acceptors (Lipinski definition) is 4. The Kier molecular flexibility index (Phi) is 5.39. The van der Waals surface area contributed by atoms with Gasteiger partial charge in [0.2, 0.25) is 5.91 Å². The summed E-state index contributed by atoms with van der Waals surface area (Å²) in [5, 5.41) is 6.60. The highest BCUT2D eigenvalue weighted by molar-refractivity contribution is 6.06. The summed E-state index contributed by atoms with van der Waals surface area (Å²) in [5.74, 6) is -0.342. The first kappa shape index (κ1) is 18.8. The first-order valence-corrected chi connectivity index (χ1v) is 9.12. The van der Waals surface area contributed by atoms with Gasteiger partial charge in [-0.3, -0.25) is 19.5 Å². The zero-order chi connectivity index (χ0) is 19.4. The van der Waals surface area contributed by atoms with Gasteiger partial charge in [0.25, 0.3) is 5.91 Å². The number of pyridine rings is 1. The number of nitrogens with zero attached hydrogens (tertiary/aromatic N) is 2. The Morgan fingerprint density at radius 2 is 2.00 bits per heavy atom. The van der Waals surface area contributed by atoms with Gasteiger partial charge in [-0.2, -0.15) is 0 Å². The number of carbonyl (C=O) groups is 3. The molecule has 1 aliphatic rings. The fraction of sp³-hybridized carbons (Fsp3) is 0.400. The van der Waals surface area contributed by atoms with Crippen molar-refractivity contribution in [3.05, 3.63) is 42.1 Å². The highest BCUT2D eigenvalue weighted by Crippen LogP contribution is 2.17. The molecule has 3 rings (SSSR count). The number of carbonyl (C=O) groups excluding carboxylic acids is 3. The van der Waals surface area contributed by atoms with E-state index in [0.29, 0.717) is 19.4 Å².